The molecule has 0 saturated heterocycles. The first-order chi connectivity index (χ1) is 12.7. The van der Waals surface area contributed by atoms with Gasteiger partial charge in [0.25, 0.3) is 0 Å². The highest BCUT2D eigenvalue weighted by Gasteiger charge is 2.41. The van der Waals surface area contributed by atoms with Gasteiger partial charge in [0.2, 0.25) is 0 Å². The molecule has 0 aromatic rings. The molecular formula is C25H46OSi. The minimum Gasteiger partial charge on any atom is -0.414 e. The van der Waals surface area contributed by atoms with Crippen molar-refractivity contribution in [3.63, 3.8) is 0 Å². The van der Waals surface area contributed by atoms with Crippen LogP contribution in [0.2, 0.25) is 18.1 Å². The largest absolute Gasteiger partial charge is 0.414 e. The lowest BCUT2D eigenvalue weighted by Gasteiger charge is -2.43. The van der Waals surface area contributed by atoms with Gasteiger partial charge in [-0.1, -0.05) is 77.4 Å². The van der Waals surface area contributed by atoms with Crippen molar-refractivity contribution >= 4 is 8.32 Å². The highest BCUT2D eigenvalue weighted by atomic mass is 28.4. The van der Waals surface area contributed by atoms with E-state index in [0.717, 1.165) is 12.8 Å². The molecule has 0 aromatic heterocycles. The van der Waals surface area contributed by atoms with Gasteiger partial charge >= 0.3 is 0 Å². The van der Waals surface area contributed by atoms with Gasteiger partial charge in [0, 0.05) is 18.9 Å². The highest BCUT2D eigenvalue weighted by molar-refractivity contribution is 6.74. The molecule has 0 radical (unpaired) electrons. The van der Waals surface area contributed by atoms with Crippen LogP contribution in [0.5, 0.6) is 0 Å². The van der Waals surface area contributed by atoms with E-state index in [1.807, 2.05) is 0 Å². The average Bonchev–Trinajstić information content (AvgIpc) is 2.58. The predicted octanol–water partition coefficient (Wildman–Crippen LogP) is 8.27. The van der Waals surface area contributed by atoms with E-state index >= 15 is 0 Å². The molecule has 1 saturated carbocycles. The summed E-state index contributed by atoms with van der Waals surface area (Å²) in [5, 5.41) is 0.298. The fourth-order valence-electron chi connectivity index (χ4n) is 3.64. The van der Waals surface area contributed by atoms with Gasteiger partial charge in [-0.05, 0) is 56.7 Å². The normalized spacial score (nSPS) is 21.7. The zero-order valence-corrected chi connectivity index (χ0v) is 20.4. The van der Waals surface area contributed by atoms with Crippen molar-refractivity contribution in [2.75, 3.05) is 0 Å². The van der Waals surface area contributed by atoms with Crippen molar-refractivity contribution in [2.45, 2.75) is 129 Å². The van der Waals surface area contributed by atoms with E-state index in [9.17, 15) is 0 Å². The van der Waals surface area contributed by atoms with Crippen molar-refractivity contribution in [3.05, 3.63) is 11.6 Å². The minimum absolute atomic E-state index is 0.298. The summed E-state index contributed by atoms with van der Waals surface area (Å²) in [5.74, 6) is 7.40. The molecule has 2 heteroatoms. The van der Waals surface area contributed by atoms with Gasteiger partial charge in [-0.15, -0.1) is 5.92 Å². The Hall–Kier alpha value is -0.523. The van der Waals surface area contributed by atoms with E-state index in [1.54, 1.807) is 0 Å². The maximum Gasteiger partial charge on any atom is 0.192 e. The van der Waals surface area contributed by atoms with Crippen molar-refractivity contribution < 1.29 is 4.43 Å². The Morgan fingerprint density at radius 2 is 1.78 bits per heavy atom. The number of rotatable bonds is 9. The summed E-state index contributed by atoms with van der Waals surface area (Å²) < 4.78 is 6.83. The summed E-state index contributed by atoms with van der Waals surface area (Å²) in [4.78, 5) is 0. The van der Waals surface area contributed by atoms with Crippen molar-refractivity contribution in [2.24, 2.45) is 5.92 Å². The third-order valence-corrected chi connectivity index (χ3v) is 11.0. The molecule has 0 N–H and O–H groups in total. The minimum atomic E-state index is -1.68. The number of hydrogen-bond acceptors (Lipinski definition) is 1. The molecule has 1 nitrogen and oxygen atoms in total. The topological polar surface area (TPSA) is 9.23 Å². The van der Waals surface area contributed by atoms with Crippen LogP contribution in [0.3, 0.4) is 0 Å². The summed E-state index contributed by atoms with van der Waals surface area (Å²) in [7, 11) is -1.68. The molecule has 0 amide bonds. The molecule has 0 heterocycles. The average molecular weight is 391 g/mol. The van der Waals surface area contributed by atoms with Gasteiger partial charge in [0.1, 0.15) is 0 Å². The Balaban J connectivity index is 2.50. The van der Waals surface area contributed by atoms with Crippen LogP contribution >= 0.6 is 0 Å². The summed E-state index contributed by atoms with van der Waals surface area (Å²) >= 11 is 0. The second-order valence-corrected chi connectivity index (χ2v) is 14.8. The molecule has 0 bridgehead atoms. The van der Waals surface area contributed by atoms with E-state index in [0.29, 0.717) is 17.1 Å². The lowest BCUT2D eigenvalue weighted by molar-refractivity contribution is 0.0791. The molecule has 0 unspecified atom stereocenters. The first-order valence-corrected chi connectivity index (χ1v) is 14.4. The summed E-state index contributed by atoms with van der Waals surface area (Å²) in [6.45, 7) is 16.4. The highest BCUT2D eigenvalue weighted by Crippen LogP contribution is 2.41. The maximum absolute atomic E-state index is 6.83. The molecule has 0 aliphatic heterocycles. The fraction of sp³-hybridized carbons (Fsp3) is 0.840. The number of unbranched alkanes of at least 4 members (excludes halogenated alkanes) is 4. The van der Waals surface area contributed by atoms with Crippen molar-refractivity contribution in [3.8, 4) is 11.8 Å². The lowest BCUT2D eigenvalue weighted by atomic mass is 9.82. The Bertz CT molecular complexity index is 501. The van der Waals surface area contributed by atoms with Gasteiger partial charge in [-0.25, -0.2) is 0 Å². The van der Waals surface area contributed by atoms with Crippen LogP contribution in [-0.2, 0) is 4.43 Å². The van der Waals surface area contributed by atoms with Crippen LogP contribution in [0, 0.1) is 17.8 Å². The summed E-state index contributed by atoms with van der Waals surface area (Å²) in [6.07, 6.45) is 16.5. The SMILES string of the molecule is CCCCCCC#CC/C=C(\C)C[C@H]1CCCC[C@@H]1O[Si](C)(C)C(C)(C)C. The van der Waals surface area contributed by atoms with E-state index in [1.165, 1.54) is 63.4 Å². The third-order valence-electron chi connectivity index (χ3n) is 6.51. The molecule has 1 aliphatic carbocycles. The maximum atomic E-state index is 6.83. The van der Waals surface area contributed by atoms with Crippen LogP contribution in [0.25, 0.3) is 0 Å². The predicted molar refractivity (Wildman–Crippen MR) is 124 cm³/mol. The fourth-order valence-corrected chi connectivity index (χ4v) is 5.06. The van der Waals surface area contributed by atoms with Crippen LogP contribution in [0.4, 0.5) is 0 Å². The molecule has 156 valence electrons. The van der Waals surface area contributed by atoms with Gasteiger partial charge < -0.3 is 4.43 Å². The van der Waals surface area contributed by atoms with Crippen LogP contribution in [0.15, 0.2) is 11.6 Å². The second-order valence-electron chi connectivity index (χ2n) is 10.1. The molecule has 1 fully saturated rings. The smallest absolute Gasteiger partial charge is 0.192 e. The number of allylic oxidation sites excluding steroid dienone is 2. The standard InChI is InChI=1S/C25H46OSi/c1-8-9-10-11-12-13-14-15-18-22(2)21-23-19-16-17-20-24(23)26-27(6,7)25(3,4)5/h18,23-24H,8-12,15-17,19-21H2,1-7H3/b22-18+/t23-,24+/m1/s1. The van der Waals surface area contributed by atoms with Crippen LogP contribution < -0.4 is 0 Å². The molecule has 2 atom stereocenters. The Labute approximate surface area is 171 Å². The van der Waals surface area contributed by atoms with Gasteiger partial charge in [0.15, 0.2) is 8.32 Å². The third kappa shape index (κ3) is 9.48. The first kappa shape index (κ1) is 24.5. The van der Waals surface area contributed by atoms with E-state index in [2.05, 4.69) is 65.6 Å². The Morgan fingerprint density at radius 1 is 1.07 bits per heavy atom. The molecular weight excluding hydrogens is 344 g/mol. The summed E-state index contributed by atoms with van der Waals surface area (Å²) in [6, 6.07) is 0. The molecule has 0 aromatic carbocycles. The molecule has 1 aliphatic rings. The Kier molecular flexibility index (Phi) is 11.0. The molecule has 0 spiro atoms. The van der Waals surface area contributed by atoms with E-state index in [-0.39, 0.29) is 0 Å². The van der Waals surface area contributed by atoms with Crippen LogP contribution in [0.1, 0.15) is 105 Å². The van der Waals surface area contributed by atoms with Gasteiger partial charge in [-0.2, -0.15) is 0 Å². The van der Waals surface area contributed by atoms with Crippen molar-refractivity contribution in [1.82, 2.24) is 0 Å². The molecule has 1 rings (SSSR count). The van der Waals surface area contributed by atoms with E-state index in [4.69, 9.17) is 4.43 Å². The Morgan fingerprint density at radius 3 is 2.44 bits per heavy atom. The van der Waals surface area contributed by atoms with Crippen molar-refractivity contribution in [1.29, 1.82) is 0 Å². The van der Waals surface area contributed by atoms with Gasteiger partial charge in [-0.3, -0.25) is 0 Å². The zero-order chi connectivity index (χ0) is 20.3. The molecule has 27 heavy (non-hydrogen) atoms. The zero-order valence-electron chi connectivity index (χ0n) is 19.4. The van der Waals surface area contributed by atoms with Crippen LogP contribution in [-0.4, -0.2) is 14.4 Å². The lowest BCUT2D eigenvalue weighted by Crippen LogP contribution is -2.46. The monoisotopic (exact) mass is 390 g/mol. The second kappa shape index (κ2) is 12.1. The van der Waals surface area contributed by atoms with E-state index < -0.39 is 8.32 Å². The number of hydrogen-bond donors (Lipinski definition) is 0. The quantitative estimate of drug-likeness (QED) is 0.166. The van der Waals surface area contributed by atoms with Gasteiger partial charge in [0.05, 0.1) is 0 Å². The first-order valence-electron chi connectivity index (χ1n) is 11.5. The summed E-state index contributed by atoms with van der Waals surface area (Å²) in [5.41, 5.74) is 1.51.